The van der Waals surface area contributed by atoms with Gasteiger partial charge in [-0.2, -0.15) is 26.3 Å². The number of benzene rings is 6. The van der Waals surface area contributed by atoms with E-state index in [0.29, 0.717) is 35.6 Å². The van der Waals surface area contributed by atoms with Crippen molar-refractivity contribution >= 4 is 20.0 Å². The van der Waals surface area contributed by atoms with E-state index in [1.807, 2.05) is 0 Å². The van der Waals surface area contributed by atoms with Gasteiger partial charge in [0.1, 0.15) is 55.3 Å². The smallest absolute Gasteiger partial charge is 0.744 e. The van der Waals surface area contributed by atoms with Gasteiger partial charge in [-0.15, -0.1) is 6.42 Å². The molecule has 6 rings (SSSR count). The number of aryl methyl sites for hydroxylation is 1. The molecule has 6 aromatic carbocycles. The minimum atomic E-state index is -5.81. The SMILES string of the molecule is C#Cc1cc(C)cc(Oc2ccc(Oc3ccc(S(=O)(=O)c4ccc(Oc5ccc(C(c6ccc(OC)cc6)(C(F)(F)F)C(F)(F)F)cc5)cc4)cc3)c(S(=O)(=O)[O-])c2)c1.[K+]. The van der Waals surface area contributed by atoms with Gasteiger partial charge in [-0.25, -0.2) is 16.8 Å². The van der Waals surface area contributed by atoms with Crippen molar-refractivity contribution in [1.82, 2.24) is 0 Å². The molecule has 18 heteroatoms. The third kappa shape index (κ3) is 10.1. The number of halogens is 6. The summed E-state index contributed by atoms with van der Waals surface area (Å²) in [4.78, 5) is -1.17. The molecule has 0 unspecified atom stereocenters. The van der Waals surface area contributed by atoms with E-state index in [9.17, 15) is 47.7 Å². The second-order valence-corrected chi connectivity index (χ2v) is 16.3. The fraction of sp³-hybridized carbons (Fsp3) is 0.116. The molecule has 0 aliphatic carbocycles. The van der Waals surface area contributed by atoms with Crippen molar-refractivity contribution in [3.05, 3.63) is 156 Å². The third-order valence-corrected chi connectivity index (χ3v) is 11.7. The van der Waals surface area contributed by atoms with Crippen molar-refractivity contribution in [3.8, 4) is 52.6 Å². The van der Waals surface area contributed by atoms with Crippen LogP contribution in [0.2, 0.25) is 0 Å². The van der Waals surface area contributed by atoms with Gasteiger partial charge in [0.2, 0.25) is 15.3 Å². The summed E-state index contributed by atoms with van der Waals surface area (Å²) in [5.74, 6) is 2.32. The van der Waals surface area contributed by atoms with Crippen LogP contribution in [0.25, 0.3) is 0 Å². The maximum Gasteiger partial charge on any atom is 1.00 e. The van der Waals surface area contributed by atoms with E-state index < -0.39 is 53.7 Å². The van der Waals surface area contributed by atoms with Crippen LogP contribution in [0.1, 0.15) is 22.3 Å². The number of sulfone groups is 1. The standard InChI is InChI=1S/C43H30F6O9S2.K/c1-4-28-23-27(2)24-36(25-28)57-35-17-22-39(40(26-35)60(52,53)54)58-34-15-20-38(21-16-34)59(50,51)37-18-13-33(14-19-37)56-32-11-7-30(8-12-32)41(42(44,45)46,43(47,48)49)29-5-9-31(55-3)10-6-29;/h1,5-26H,2-3H3,(H,52,53,54);/q;+1/p-1. The molecule has 0 heterocycles. The Balaban J connectivity index is 0.00000704. The van der Waals surface area contributed by atoms with Crippen LogP contribution < -0.4 is 70.3 Å². The fourth-order valence-electron chi connectivity index (χ4n) is 6.23. The molecule has 9 nitrogen and oxygen atoms in total. The molecule has 0 amide bonds. The molecule has 0 spiro atoms. The summed E-state index contributed by atoms with van der Waals surface area (Å²) >= 11 is 0. The maximum absolute atomic E-state index is 14.5. The van der Waals surface area contributed by atoms with E-state index in [2.05, 4.69) is 5.92 Å². The first-order chi connectivity index (χ1) is 28.1. The molecule has 0 aliphatic heterocycles. The van der Waals surface area contributed by atoms with Crippen LogP contribution in [0, 0.1) is 19.3 Å². The molecule has 0 N–H and O–H groups in total. The van der Waals surface area contributed by atoms with E-state index in [0.717, 1.165) is 35.9 Å². The van der Waals surface area contributed by atoms with Crippen LogP contribution >= 0.6 is 0 Å². The van der Waals surface area contributed by atoms with Crippen LogP contribution in [0.4, 0.5) is 26.3 Å². The molecule has 0 bridgehead atoms. The minimum absolute atomic E-state index is 0. The average molecular weight is 907 g/mol. The molecular weight excluding hydrogens is 878 g/mol. The number of methoxy groups -OCH3 is 1. The molecule has 61 heavy (non-hydrogen) atoms. The number of hydrogen-bond donors (Lipinski definition) is 0. The summed E-state index contributed by atoms with van der Waals surface area (Å²) in [6, 6.07) is 24.6. The Hall–Kier alpha value is -4.84. The monoisotopic (exact) mass is 906 g/mol. The first kappa shape index (κ1) is 47.2. The van der Waals surface area contributed by atoms with E-state index in [1.54, 1.807) is 25.1 Å². The van der Waals surface area contributed by atoms with E-state index in [-0.39, 0.29) is 95.7 Å². The number of rotatable bonds is 12. The predicted molar refractivity (Wildman–Crippen MR) is 204 cm³/mol. The summed E-state index contributed by atoms with van der Waals surface area (Å²) in [5, 5.41) is 0. The topological polar surface area (TPSA) is 128 Å². The van der Waals surface area contributed by atoms with Crippen molar-refractivity contribution in [2.45, 2.75) is 39.4 Å². The van der Waals surface area contributed by atoms with Crippen LogP contribution in [0.5, 0.6) is 40.2 Å². The molecule has 0 saturated carbocycles. The predicted octanol–water partition coefficient (Wildman–Crippen LogP) is 7.51. The molecule has 0 saturated heterocycles. The van der Waals surface area contributed by atoms with Crippen molar-refractivity contribution < 1.29 is 118 Å². The molecule has 0 fully saturated rings. The van der Waals surface area contributed by atoms with Crippen molar-refractivity contribution in [3.63, 3.8) is 0 Å². The first-order valence-electron chi connectivity index (χ1n) is 17.2. The van der Waals surface area contributed by atoms with Gasteiger partial charge in [0.05, 0.1) is 16.9 Å². The van der Waals surface area contributed by atoms with Gasteiger partial charge in [-0.05, 0) is 127 Å². The first-order valence-corrected chi connectivity index (χ1v) is 20.1. The van der Waals surface area contributed by atoms with Gasteiger partial charge in [0.25, 0.3) is 0 Å². The van der Waals surface area contributed by atoms with Crippen molar-refractivity contribution in [1.29, 1.82) is 0 Å². The van der Waals surface area contributed by atoms with E-state index >= 15 is 0 Å². The second-order valence-electron chi connectivity index (χ2n) is 13.0. The van der Waals surface area contributed by atoms with Crippen LogP contribution in [-0.2, 0) is 25.4 Å². The molecule has 0 radical (unpaired) electrons. The Morgan fingerprint density at radius 3 is 1.43 bits per heavy atom. The zero-order valence-electron chi connectivity index (χ0n) is 32.0. The Kier molecular flexibility index (Phi) is 14.1. The Labute approximate surface area is 389 Å². The van der Waals surface area contributed by atoms with Crippen LogP contribution in [0.3, 0.4) is 0 Å². The summed E-state index contributed by atoms with van der Waals surface area (Å²) < 4.78 is 172. The number of hydrogen-bond acceptors (Lipinski definition) is 9. The summed E-state index contributed by atoms with van der Waals surface area (Å²) in [6.45, 7) is 1.78. The number of alkyl halides is 6. The maximum atomic E-state index is 14.5. The zero-order chi connectivity index (χ0) is 43.7. The van der Waals surface area contributed by atoms with Gasteiger partial charge >= 0.3 is 63.7 Å². The fourth-order valence-corrected chi connectivity index (χ4v) is 8.10. The summed E-state index contributed by atoms with van der Waals surface area (Å²) in [7, 11) is -8.06. The molecule has 0 atom stereocenters. The van der Waals surface area contributed by atoms with Gasteiger partial charge in [-0.1, -0.05) is 30.2 Å². The Morgan fingerprint density at radius 1 is 0.557 bits per heavy atom. The van der Waals surface area contributed by atoms with Gasteiger partial charge < -0.3 is 23.5 Å². The van der Waals surface area contributed by atoms with Gasteiger partial charge in [0, 0.05) is 11.6 Å². The van der Waals surface area contributed by atoms with Crippen molar-refractivity contribution in [2.75, 3.05) is 7.11 Å². The minimum Gasteiger partial charge on any atom is -0.744 e. The summed E-state index contributed by atoms with van der Waals surface area (Å²) in [5.41, 5.74) is -5.28. The number of terminal acetylenes is 1. The molecule has 0 aliphatic rings. The van der Waals surface area contributed by atoms with Crippen LogP contribution in [-0.4, -0.2) is 40.9 Å². The zero-order valence-corrected chi connectivity index (χ0v) is 36.8. The van der Waals surface area contributed by atoms with Crippen molar-refractivity contribution in [2.24, 2.45) is 0 Å². The van der Waals surface area contributed by atoms with E-state index in [1.165, 1.54) is 67.8 Å². The average Bonchev–Trinajstić information content (AvgIpc) is 3.18. The van der Waals surface area contributed by atoms with E-state index in [4.69, 9.17) is 25.4 Å². The summed E-state index contributed by atoms with van der Waals surface area (Å²) in [6.07, 6.45) is -6.14. The largest absolute Gasteiger partial charge is 1.00 e. The van der Waals surface area contributed by atoms with Gasteiger partial charge in [-0.3, -0.25) is 0 Å². The second kappa shape index (κ2) is 18.2. The quantitative estimate of drug-likeness (QED) is 0.0531. The third-order valence-electron chi connectivity index (χ3n) is 9.03. The van der Waals surface area contributed by atoms with Crippen LogP contribution in [0.15, 0.2) is 148 Å². The molecular formula is C43H29F6KO9S2. The molecule has 0 aromatic heterocycles. The molecule has 310 valence electrons. The molecule has 6 aromatic rings. The Bertz CT molecular complexity index is 2770. The normalized spacial score (nSPS) is 12.1. The number of ether oxygens (including phenoxy) is 4. The van der Waals surface area contributed by atoms with Gasteiger partial charge in [0.15, 0.2) is 0 Å². The Morgan fingerprint density at radius 2 is 0.984 bits per heavy atom.